The fourth-order valence-electron chi connectivity index (χ4n) is 2.88. The third kappa shape index (κ3) is 5.07. The predicted octanol–water partition coefficient (Wildman–Crippen LogP) is 6.16. The first-order valence-electron chi connectivity index (χ1n) is 8.88. The van der Waals surface area contributed by atoms with Crippen molar-refractivity contribution in [2.45, 2.75) is 32.4 Å². The van der Waals surface area contributed by atoms with E-state index in [1.165, 1.54) is 18.2 Å². The first-order valence-corrected chi connectivity index (χ1v) is 10.5. The van der Waals surface area contributed by atoms with E-state index in [1.54, 1.807) is 38.1 Å². The number of hydrogen-bond acceptors (Lipinski definition) is 4. The zero-order chi connectivity index (χ0) is 21.1. The zero-order valence-electron chi connectivity index (χ0n) is 15.7. The number of carbonyl (C=O) groups excluding carboxylic acids is 2. The number of benzene rings is 2. The number of nitrogens with one attached hydrogen (secondary N) is 1. The number of hydrogen-bond donors (Lipinski definition) is 1. The first kappa shape index (κ1) is 21.6. The van der Waals surface area contributed by atoms with Crippen molar-refractivity contribution in [1.29, 1.82) is 0 Å². The van der Waals surface area contributed by atoms with Crippen LogP contribution in [-0.4, -0.2) is 18.0 Å². The molecule has 152 valence electrons. The highest BCUT2D eigenvalue weighted by atomic mass is 35.5. The second kappa shape index (κ2) is 9.11. The van der Waals surface area contributed by atoms with E-state index < -0.39 is 23.7 Å². The number of fused-ring (bicyclic) bond motifs is 1. The van der Waals surface area contributed by atoms with Crippen LogP contribution in [-0.2, 0) is 9.53 Å². The molecule has 4 nitrogen and oxygen atoms in total. The van der Waals surface area contributed by atoms with Crippen LogP contribution < -0.4 is 5.32 Å². The molecule has 8 heteroatoms. The Hall–Kier alpha value is -2.15. The molecule has 29 heavy (non-hydrogen) atoms. The molecule has 1 aromatic heterocycles. The van der Waals surface area contributed by atoms with Crippen molar-refractivity contribution in [1.82, 2.24) is 5.32 Å². The van der Waals surface area contributed by atoms with Gasteiger partial charge < -0.3 is 10.1 Å². The smallest absolute Gasteiger partial charge is 0.308 e. The molecule has 1 N–H and O–H groups in total. The number of halogens is 3. The molecule has 0 radical (unpaired) electrons. The van der Waals surface area contributed by atoms with Gasteiger partial charge in [0, 0.05) is 15.1 Å². The Morgan fingerprint density at radius 1 is 1.17 bits per heavy atom. The van der Waals surface area contributed by atoms with Crippen LogP contribution in [0, 0.1) is 5.82 Å². The predicted molar refractivity (Wildman–Crippen MR) is 114 cm³/mol. The summed E-state index contributed by atoms with van der Waals surface area (Å²) in [7, 11) is 0. The van der Waals surface area contributed by atoms with Crippen molar-refractivity contribution < 1.29 is 18.7 Å². The number of ether oxygens (including phenoxy) is 1. The maximum atomic E-state index is 13.5. The summed E-state index contributed by atoms with van der Waals surface area (Å²) in [5, 5.41) is 4.07. The maximum absolute atomic E-state index is 13.5. The van der Waals surface area contributed by atoms with Crippen molar-refractivity contribution in [2.24, 2.45) is 0 Å². The lowest BCUT2D eigenvalue weighted by atomic mass is 10.0. The molecule has 3 rings (SSSR count). The average Bonchev–Trinajstić information content (AvgIpc) is 2.97. The Morgan fingerprint density at radius 2 is 1.90 bits per heavy atom. The first-order chi connectivity index (χ1) is 13.8. The normalized spacial score (nSPS) is 12.2. The van der Waals surface area contributed by atoms with E-state index in [0.717, 1.165) is 11.3 Å². The summed E-state index contributed by atoms with van der Waals surface area (Å²) >= 11 is 13.7. The van der Waals surface area contributed by atoms with Gasteiger partial charge in [-0.1, -0.05) is 41.4 Å². The summed E-state index contributed by atoms with van der Waals surface area (Å²) in [6.45, 7) is 3.49. The van der Waals surface area contributed by atoms with E-state index in [0.29, 0.717) is 20.7 Å². The highest BCUT2D eigenvalue weighted by Crippen LogP contribution is 2.36. The minimum absolute atomic E-state index is 0.0925. The summed E-state index contributed by atoms with van der Waals surface area (Å²) in [5.41, 5.74) is 0.589. The molecular weight excluding hydrogens is 436 g/mol. The Labute approximate surface area is 181 Å². The average molecular weight is 454 g/mol. The lowest BCUT2D eigenvalue weighted by Gasteiger charge is -2.20. The van der Waals surface area contributed by atoms with Crippen molar-refractivity contribution in [3.8, 4) is 0 Å². The van der Waals surface area contributed by atoms with E-state index in [1.807, 2.05) is 0 Å². The minimum Gasteiger partial charge on any atom is -0.463 e. The van der Waals surface area contributed by atoms with Crippen LogP contribution in [0.1, 0.15) is 41.5 Å². The van der Waals surface area contributed by atoms with Crippen molar-refractivity contribution in [3.05, 3.63) is 68.8 Å². The largest absolute Gasteiger partial charge is 0.463 e. The topological polar surface area (TPSA) is 55.4 Å². The Kier molecular flexibility index (Phi) is 6.77. The quantitative estimate of drug-likeness (QED) is 0.454. The van der Waals surface area contributed by atoms with E-state index in [2.05, 4.69) is 5.32 Å². The van der Waals surface area contributed by atoms with Crippen molar-refractivity contribution in [3.63, 3.8) is 0 Å². The number of esters is 1. The molecule has 0 aliphatic heterocycles. The van der Waals surface area contributed by atoms with Gasteiger partial charge in [-0.2, -0.15) is 0 Å². The van der Waals surface area contributed by atoms with E-state index in [4.69, 9.17) is 27.9 Å². The van der Waals surface area contributed by atoms with Crippen LogP contribution in [0.25, 0.3) is 10.1 Å². The van der Waals surface area contributed by atoms with Gasteiger partial charge in [0.25, 0.3) is 5.91 Å². The fourth-order valence-corrected chi connectivity index (χ4v) is 4.60. The highest BCUT2D eigenvalue weighted by Gasteiger charge is 2.25. The third-order valence-electron chi connectivity index (χ3n) is 4.12. The molecule has 0 saturated heterocycles. The van der Waals surface area contributed by atoms with Crippen LogP contribution in [0.15, 0.2) is 42.5 Å². The summed E-state index contributed by atoms with van der Waals surface area (Å²) < 4.78 is 19.3. The molecule has 1 heterocycles. The minimum atomic E-state index is -0.708. The molecule has 0 bridgehead atoms. The summed E-state index contributed by atoms with van der Waals surface area (Å²) in [5.74, 6) is -1.35. The van der Waals surface area contributed by atoms with Gasteiger partial charge in [0.1, 0.15) is 10.7 Å². The lowest BCUT2D eigenvalue weighted by Crippen LogP contribution is -2.31. The van der Waals surface area contributed by atoms with Crippen LogP contribution >= 0.6 is 34.5 Å². The Bertz CT molecular complexity index is 1070. The SMILES string of the molecule is CC(C)OC(=O)CC(NC(=O)c1sc2cc(F)ccc2c1Cl)c1ccccc1Cl. The summed E-state index contributed by atoms with van der Waals surface area (Å²) in [6.07, 6.45) is -0.373. The molecule has 1 amide bonds. The molecule has 2 aromatic carbocycles. The van der Waals surface area contributed by atoms with Gasteiger partial charge in [0.15, 0.2) is 0 Å². The third-order valence-corrected chi connectivity index (χ3v) is 6.12. The van der Waals surface area contributed by atoms with Gasteiger partial charge in [0.2, 0.25) is 0 Å². The second-order valence-corrected chi connectivity index (χ2v) is 8.51. The molecule has 0 spiro atoms. The van der Waals surface area contributed by atoms with Crippen LogP contribution in [0.5, 0.6) is 0 Å². The van der Waals surface area contributed by atoms with Gasteiger partial charge >= 0.3 is 5.97 Å². The van der Waals surface area contributed by atoms with Gasteiger partial charge in [-0.15, -0.1) is 11.3 Å². The van der Waals surface area contributed by atoms with Crippen molar-refractivity contribution in [2.75, 3.05) is 0 Å². The summed E-state index contributed by atoms with van der Waals surface area (Å²) in [4.78, 5) is 25.4. The molecular formula is C21H18Cl2FNO3S. The standard InChI is InChI=1S/C21H18Cl2FNO3S/c1-11(2)28-18(26)10-16(13-5-3-4-6-15(13)22)25-21(27)20-19(23)14-8-7-12(24)9-17(14)29-20/h3-9,11,16H,10H2,1-2H3,(H,25,27). The Balaban J connectivity index is 1.91. The number of amides is 1. The maximum Gasteiger partial charge on any atom is 0.308 e. The molecule has 3 aromatic rings. The Morgan fingerprint density at radius 3 is 2.59 bits per heavy atom. The number of carbonyl (C=O) groups is 2. The van der Waals surface area contributed by atoms with Gasteiger partial charge in [-0.05, 0) is 43.7 Å². The van der Waals surface area contributed by atoms with E-state index >= 15 is 0 Å². The molecule has 1 unspecified atom stereocenters. The number of thiophene rings is 1. The van der Waals surface area contributed by atoms with Gasteiger partial charge in [-0.25, -0.2) is 4.39 Å². The molecule has 0 saturated carbocycles. The van der Waals surface area contributed by atoms with Gasteiger partial charge in [0.05, 0.1) is 23.6 Å². The molecule has 0 fully saturated rings. The monoisotopic (exact) mass is 453 g/mol. The van der Waals surface area contributed by atoms with E-state index in [-0.39, 0.29) is 22.4 Å². The van der Waals surface area contributed by atoms with Crippen LogP contribution in [0.3, 0.4) is 0 Å². The van der Waals surface area contributed by atoms with E-state index in [9.17, 15) is 14.0 Å². The fraction of sp³-hybridized carbons (Fsp3) is 0.238. The van der Waals surface area contributed by atoms with Crippen LogP contribution in [0.2, 0.25) is 10.0 Å². The molecule has 0 aliphatic rings. The highest BCUT2D eigenvalue weighted by molar-refractivity contribution is 7.21. The van der Waals surface area contributed by atoms with Crippen LogP contribution in [0.4, 0.5) is 4.39 Å². The second-order valence-electron chi connectivity index (χ2n) is 6.68. The molecule has 1 atom stereocenters. The van der Waals surface area contributed by atoms with Gasteiger partial charge in [-0.3, -0.25) is 9.59 Å². The lowest BCUT2D eigenvalue weighted by molar-refractivity contribution is -0.147. The number of rotatable bonds is 6. The van der Waals surface area contributed by atoms with Crippen molar-refractivity contribution >= 4 is 56.5 Å². The summed E-state index contributed by atoms with van der Waals surface area (Å²) in [6, 6.07) is 10.4. The molecule has 0 aliphatic carbocycles. The zero-order valence-corrected chi connectivity index (χ0v) is 18.0.